The summed E-state index contributed by atoms with van der Waals surface area (Å²) in [6.07, 6.45) is -0.776. The molecule has 4 nitrogen and oxygen atoms in total. The largest absolute Gasteiger partial charge is 0.419 e. The van der Waals surface area contributed by atoms with Gasteiger partial charge in [0.1, 0.15) is 6.10 Å². The van der Waals surface area contributed by atoms with Crippen molar-refractivity contribution < 1.29 is 9.52 Å². The van der Waals surface area contributed by atoms with Gasteiger partial charge in [-0.25, -0.2) is 4.79 Å². The zero-order valence-electron chi connectivity index (χ0n) is 11.0. The first kappa shape index (κ1) is 15.0. The van der Waals surface area contributed by atoms with E-state index < -0.39 is 6.10 Å². The molecule has 0 aliphatic carbocycles. The van der Waals surface area contributed by atoms with Crippen LogP contribution in [-0.4, -0.2) is 9.67 Å². The molecule has 0 radical (unpaired) electrons. The van der Waals surface area contributed by atoms with E-state index in [0.717, 1.165) is 18.7 Å². The fourth-order valence-electron chi connectivity index (χ4n) is 2.27. The Balaban J connectivity index is 2.09. The second-order valence-corrected chi connectivity index (χ2v) is 8.27. The lowest BCUT2D eigenvalue weighted by molar-refractivity contribution is 0.220. The molecular formula is C14H11Br2NO3S. The molecule has 1 aromatic carbocycles. The topological polar surface area (TPSA) is 55.4 Å². The van der Waals surface area contributed by atoms with E-state index in [1.807, 2.05) is 19.1 Å². The Hall–Kier alpha value is -0.890. The first-order chi connectivity index (χ1) is 10.0. The van der Waals surface area contributed by atoms with Crippen LogP contribution < -0.4 is 5.76 Å². The molecule has 1 atom stereocenters. The SMILES string of the molecule is CCn1c(=O)oc2cc(C(O)c3cc(Br)sc3Br)ccc21. The number of hydrogen-bond acceptors (Lipinski definition) is 4. The molecule has 3 aromatic rings. The Morgan fingerprint density at radius 3 is 2.76 bits per heavy atom. The molecule has 3 rings (SSSR count). The minimum absolute atomic E-state index is 0.376. The number of hydrogen-bond donors (Lipinski definition) is 1. The molecule has 2 aromatic heterocycles. The van der Waals surface area contributed by atoms with Crippen molar-refractivity contribution >= 4 is 54.3 Å². The van der Waals surface area contributed by atoms with Crippen molar-refractivity contribution in [2.45, 2.75) is 19.6 Å². The Kier molecular flexibility index (Phi) is 4.09. The van der Waals surface area contributed by atoms with Crippen LogP contribution >= 0.6 is 43.2 Å². The Morgan fingerprint density at radius 2 is 2.14 bits per heavy atom. The molecule has 0 bridgehead atoms. The highest BCUT2D eigenvalue weighted by atomic mass is 79.9. The molecule has 1 N–H and O–H groups in total. The molecule has 0 fully saturated rings. The molecule has 0 aliphatic heterocycles. The average Bonchev–Trinajstić information content (AvgIpc) is 2.95. The number of rotatable bonds is 3. The van der Waals surface area contributed by atoms with E-state index >= 15 is 0 Å². The highest BCUT2D eigenvalue weighted by Crippen LogP contribution is 2.38. The van der Waals surface area contributed by atoms with E-state index in [2.05, 4.69) is 31.9 Å². The van der Waals surface area contributed by atoms with Crippen LogP contribution in [0.25, 0.3) is 11.1 Å². The number of aromatic nitrogens is 1. The van der Waals surface area contributed by atoms with Crippen LogP contribution in [-0.2, 0) is 6.54 Å². The average molecular weight is 433 g/mol. The van der Waals surface area contributed by atoms with Crippen LogP contribution in [0.3, 0.4) is 0 Å². The Labute approximate surface area is 141 Å². The summed E-state index contributed by atoms with van der Waals surface area (Å²) in [5.74, 6) is -0.376. The zero-order chi connectivity index (χ0) is 15.1. The van der Waals surface area contributed by atoms with Crippen molar-refractivity contribution in [1.29, 1.82) is 0 Å². The van der Waals surface area contributed by atoms with Gasteiger partial charge in [0, 0.05) is 12.1 Å². The van der Waals surface area contributed by atoms with Crippen LogP contribution in [0.15, 0.2) is 41.0 Å². The minimum atomic E-state index is -0.776. The van der Waals surface area contributed by atoms with Gasteiger partial charge in [0.25, 0.3) is 0 Å². The summed E-state index contributed by atoms with van der Waals surface area (Å²) in [5.41, 5.74) is 2.70. The molecule has 1 unspecified atom stereocenters. The number of halogens is 2. The van der Waals surface area contributed by atoms with Crippen molar-refractivity contribution in [3.8, 4) is 0 Å². The monoisotopic (exact) mass is 431 g/mol. The lowest BCUT2D eigenvalue weighted by Gasteiger charge is -2.10. The number of nitrogens with zero attached hydrogens (tertiary/aromatic N) is 1. The number of thiophene rings is 1. The summed E-state index contributed by atoms with van der Waals surface area (Å²) in [6.45, 7) is 2.44. The van der Waals surface area contributed by atoms with Gasteiger partial charge in [-0.05, 0) is 62.5 Å². The van der Waals surface area contributed by atoms with E-state index in [1.165, 1.54) is 11.3 Å². The van der Waals surface area contributed by atoms with Crippen molar-refractivity contribution in [3.63, 3.8) is 0 Å². The number of fused-ring (bicyclic) bond motifs is 1. The normalized spacial score (nSPS) is 13.0. The van der Waals surface area contributed by atoms with Gasteiger partial charge in [-0.2, -0.15) is 0 Å². The molecule has 2 heterocycles. The molecule has 0 spiro atoms. The predicted molar refractivity (Wildman–Crippen MR) is 89.9 cm³/mol. The molecule has 0 saturated carbocycles. The maximum atomic E-state index is 11.7. The van der Waals surface area contributed by atoms with Crippen molar-refractivity contribution in [2.75, 3.05) is 0 Å². The summed E-state index contributed by atoms with van der Waals surface area (Å²) in [7, 11) is 0. The van der Waals surface area contributed by atoms with Gasteiger partial charge in [-0.1, -0.05) is 6.07 Å². The molecule has 110 valence electrons. The van der Waals surface area contributed by atoms with Gasteiger partial charge in [-0.3, -0.25) is 4.57 Å². The lowest BCUT2D eigenvalue weighted by atomic mass is 10.0. The van der Waals surface area contributed by atoms with Gasteiger partial charge in [-0.15, -0.1) is 11.3 Å². The standard InChI is InChI=1S/C14H11Br2NO3S/c1-2-17-9-4-3-7(5-10(9)20-14(17)19)12(18)8-6-11(15)21-13(8)16/h3-6,12,18H,2H2,1H3. The first-order valence-corrected chi connectivity index (χ1v) is 8.67. The van der Waals surface area contributed by atoms with Gasteiger partial charge in [0.2, 0.25) is 0 Å². The quantitative estimate of drug-likeness (QED) is 0.671. The molecular weight excluding hydrogens is 422 g/mol. The third-order valence-corrected chi connectivity index (χ3v) is 5.69. The number of benzene rings is 1. The van der Waals surface area contributed by atoms with Crippen molar-refractivity contribution in [3.05, 3.63) is 53.5 Å². The smallest absolute Gasteiger partial charge is 0.408 e. The van der Waals surface area contributed by atoms with Crippen LogP contribution in [0.1, 0.15) is 24.2 Å². The third-order valence-electron chi connectivity index (χ3n) is 3.30. The minimum Gasteiger partial charge on any atom is -0.408 e. The molecule has 0 aliphatic rings. The van der Waals surface area contributed by atoms with Gasteiger partial charge < -0.3 is 9.52 Å². The van der Waals surface area contributed by atoms with E-state index in [-0.39, 0.29) is 5.76 Å². The van der Waals surface area contributed by atoms with Crippen LogP contribution in [0.4, 0.5) is 0 Å². The maximum Gasteiger partial charge on any atom is 0.419 e. The summed E-state index contributed by atoms with van der Waals surface area (Å²) in [4.78, 5) is 11.7. The maximum absolute atomic E-state index is 11.7. The van der Waals surface area contributed by atoms with Gasteiger partial charge in [0.05, 0.1) is 13.1 Å². The second kappa shape index (κ2) is 5.72. The van der Waals surface area contributed by atoms with Crippen LogP contribution in [0, 0.1) is 0 Å². The summed E-state index contributed by atoms with van der Waals surface area (Å²) >= 11 is 8.34. The van der Waals surface area contributed by atoms with Crippen molar-refractivity contribution in [2.24, 2.45) is 0 Å². The zero-order valence-corrected chi connectivity index (χ0v) is 15.0. The van der Waals surface area contributed by atoms with Gasteiger partial charge >= 0.3 is 5.76 Å². The second-order valence-electron chi connectivity index (χ2n) is 4.52. The number of aliphatic hydroxyl groups is 1. The van der Waals surface area contributed by atoms with Crippen molar-refractivity contribution in [1.82, 2.24) is 4.57 Å². The highest BCUT2D eigenvalue weighted by molar-refractivity contribution is 9.12. The molecule has 0 saturated heterocycles. The van der Waals surface area contributed by atoms with Gasteiger partial charge in [0.15, 0.2) is 5.58 Å². The third kappa shape index (κ3) is 2.63. The molecule has 0 amide bonds. The summed E-state index contributed by atoms with van der Waals surface area (Å²) in [5, 5.41) is 10.5. The Bertz CT molecular complexity index is 865. The number of oxazole rings is 1. The molecule has 7 heteroatoms. The van der Waals surface area contributed by atoms with E-state index in [4.69, 9.17) is 4.42 Å². The number of aryl methyl sites for hydroxylation is 1. The highest BCUT2D eigenvalue weighted by Gasteiger charge is 2.18. The predicted octanol–water partition coefficient (Wildman–Crippen LogP) is 4.28. The van der Waals surface area contributed by atoms with E-state index in [0.29, 0.717) is 17.7 Å². The first-order valence-electron chi connectivity index (χ1n) is 6.27. The van der Waals surface area contributed by atoms with Crippen LogP contribution in [0.5, 0.6) is 0 Å². The lowest BCUT2D eigenvalue weighted by Crippen LogP contribution is -2.11. The van der Waals surface area contributed by atoms with Crippen LogP contribution in [0.2, 0.25) is 0 Å². The molecule has 21 heavy (non-hydrogen) atoms. The fraction of sp³-hybridized carbons (Fsp3) is 0.214. The summed E-state index contributed by atoms with van der Waals surface area (Å²) in [6, 6.07) is 7.20. The fourth-order valence-corrected chi connectivity index (χ4v) is 5.16. The number of aliphatic hydroxyl groups excluding tert-OH is 1. The Morgan fingerprint density at radius 1 is 1.38 bits per heavy atom. The van der Waals surface area contributed by atoms with E-state index in [1.54, 1.807) is 16.7 Å². The summed E-state index contributed by atoms with van der Waals surface area (Å²) < 4.78 is 8.60. The van der Waals surface area contributed by atoms with E-state index in [9.17, 15) is 9.90 Å².